The van der Waals surface area contributed by atoms with Crippen LogP contribution in [0.25, 0.3) is 0 Å². The highest BCUT2D eigenvalue weighted by molar-refractivity contribution is 6.75. The molecule has 0 aliphatic heterocycles. The van der Waals surface area contributed by atoms with Gasteiger partial charge in [-0.1, -0.05) is 88.3 Å². The lowest BCUT2D eigenvalue weighted by Crippen LogP contribution is -2.33. The summed E-state index contributed by atoms with van der Waals surface area (Å²) in [7, 11) is 0. The van der Waals surface area contributed by atoms with E-state index in [4.69, 9.17) is 58.0 Å². The van der Waals surface area contributed by atoms with Crippen molar-refractivity contribution in [2.45, 2.75) is 14.5 Å². The maximum atomic E-state index is 5.92. The van der Waals surface area contributed by atoms with Gasteiger partial charge in [0.15, 0.2) is 4.33 Å². The fraction of sp³-hybridized carbons (Fsp3) is 0.333. The summed E-state index contributed by atoms with van der Waals surface area (Å²) in [6, 6.07) is 9.38. The van der Waals surface area contributed by atoms with Crippen molar-refractivity contribution >= 4 is 58.0 Å². The summed E-state index contributed by atoms with van der Waals surface area (Å²) >= 11 is 28.8. The molecule has 14 heavy (non-hydrogen) atoms. The molecule has 0 saturated carbocycles. The van der Waals surface area contributed by atoms with Gasteiger partial charge in [-0.3, -0.25) is 0 Å². The van der Waals surface area contributed by atoms with Crippen molar-refractivity contribution in [3.8, 4) is 0 Å². The lowest BCUT2D eigenvalue weighted by atomic mass is 10.1. The van der Waals surface area contributed by atoms with E-state index in [1.54, 1.807) is 0 Å². The fourth-order valence-electron chi connectivity index (χ4n) is 0.952. The van der Waals surface area contributed by atoms with E-state index in [0.29, 0.717) is 0 Å². The largest absolute Gasteiger partial charge is 0.223 e. The molecule has 0 nitrogen and oxygen atoms in total. The first kappa shape index (κ1) is 12.7. The minimum Gasteiger partial charge on any atom is -0.0965 e. The Morgan fingerprint density at radius 1 is 0.857 bits per heavy atom. The van der Waals surface area contributed by atoms with Crippen molar-refractivity contribution in [2.24, 2.45) is 0 Å². The van der Waals surface area contributed by atoms with Crippen LogP contribution in [0.2, 0.25) is 0 Å². The topological polar surface area (TPSA) is 0 Å². The highest BCUT2D eigenvalue weighted by Crippen LogP contribution is 2.47. The Labute approximate surface area is 108 Å². The van der Waals surface area contributed by atoms with E-state index >= 15 is 0 Å². The third kappa shape index (κ3) is 3.36. The van der Waals surface area contributed by atoms with Gasteiger partial charge in [-0.2, -0.15) is 0 Å². The number of rotatable bonds is 2. The van der Waals surface area contributed by atoms with Crippen LogP contribution in [0, 0.1) is 0 Å². The van der Waals surface area contributed by atoms with Crippen LogP contribution in [0.15, 0.2) is 30.3 Å². The summed E-state index contributed by atoms with van der Waals surface area (Å²) in [6.45, 7) is 0. The molecule has 0 amide bonds. The zero-order chi connectivity index (χ0) is 10.8. The van der Waals surface area contributed by atoms with E-state index < -0.39 is 8.13 Å². The molecule has 5 heteroatoms. The van der Waals surface area contributed by atoms with Gasteiger partial charge in [-0.05, 0) is 5.56 Å². The van der Waals surface area contributed by atoms with Crippen molar-refractivity contribution in [1.82, 2.24) is 0 Å². The lowest BCUT2D eigenvalue weighted by molar-refractivity contribution is 0.787. The van der Waals surface area contributed by atoms with Crippen LogP contribution in [-0.2, 0) is 6.42 Å². The number of alkyl halides is 5. The van der Waals surface area contributed by atoms with E-state index in [9.17, 15) is 0 Å². The van der Waals surface area contributed by atoms with Crippen LogP contribution in [0.1, 0.15) is 5.56 Å². The van der Waals surface area contributed by atoms with Crippen molar-refractivity contribution in [2.75, 3.05) is 0 Å². The predicted octanol–water partition coefficient (Wildman–Crippen LogP) is 4.77. The minimum atomic E-state index is -1.70. The molecule has 0 bridgehead atoms. The molecule has 0 heterocycles. The molecular weight excluding hydrogens is 285 g/mol. The monoisotopic (exact) mass is 290 g/mol. The molecule has 1 aromatic carbocycles. The number of hydrogen-bond acceptors (Lipinski definition) is 0. The van der Waals surface area contributed by atoms with Crippen molar-refractivity contribution in [3.05, 3.63) is 35.9 Å². The quantitative estimate of drug-likeness (QED) is 0.689. The minimum absolute atomic E-state index is 0.285. The normalized spacial score (nSPS) is 12.9. The van der Waals surface area contributed by atoms with Crippen LogP contribution >= 0.6 is 58.0 Å². The third-order valence-electron chi connectivity index (χ3n) is 1.68. The maximum absolute atomic E-state index is 5.92. The summed E-state index contributed by atoms with van der Waals surface area (Å²) in [5.74, 6) is 0. The first-order valence-corrected chi connectivity index (χ1v) is 5.70. The average Bonchev–Trinajstić information content (AvgIpc) is 2.03. The zero-order valence-electron chi connectivity index (χ0n) is 6.98. The van der Waals surface area contributed by atoms with Gasteiger partial charge in [0.25, 0.3) is 0 Å². The Bertz CT molecular complexity index is 288. The van der Waals surface area contributed by atoms with E-state index in [1.807, 2.05) is 30.3 Å². The van der Waals surface area contributed by atoms with Gasteiger partial charge in [0.2, 0.25) is 3.79 Å². The molecule has 0 saturated heterocycles. The Balaban J connectivity index is 2.79. The molecule has 0 aromatic heterocycles. The number of halogens is 5. The van der Waals surface area contributed by atoms with Crippen molar-refractivity contribution in [3.63, 3.8) is 0 Å². The molecule has 0 aliphatic rings. The van der Waals surface area contributed by atoms with Crippen LogP contribution in [0.4, 0.5) is 0 Å². The van der Waals surface area contributed by atoms with Crippen molar-refractivity contribution < 1.29 is 0 Å². The third-order valence-corrected chi connectivity index (χ3v) is 4.07. The summed E-state index contributed by atoms with van der Waals surface area (Å²) in [6.07, 6.45) is 0.285. The Morgan fingerprint density at radius 3 is 1.79 bits per heavy atom. The van der Waals surface area contributed by atoms with E-state index in [2.05, 4.69) is 0 Å². The van der Waals surface area contributed by atoms with Crippen LogP contribution in [0.5, 0.6) is 0 Å². The van der Waals surface area contributed by atoms with E-state index in [0.717, 1.165) is 5.56 Å². The first-order valence-electron chi connectivity index (χ1n) is 3.81. The molecule has 0 unspecified atom stereocenters. The van der Waals surface area contributed by atoms with Gasteiger partial charge in [0.05, 0.1) is 0 Å². The second-order valence-corrected chi connectivity index (χ2v) is 6.63. The molecule has 1 rings (SSSR count). The molecule has 1 aromatic rings. The van der Waals surface area contributed by atoms with Gasteiger partial charge in [0, 0.05) is 6.42 Å². The molecular formula is C9H7Cl5. The molecule has 0 atom stereocenters. The Hall–Kier alpha value is 0.670. The predicted molar refractivity (Wildman–Crippen MR) is 64.9 cm³/mol. The van der Waals surface area contributed by atoms with Gasteiger partial charge >= 0.3 is 0 Å². The van der Waals surface area contributed by atoms with Crippen LogP contribution < -0.4 is 0 Å². The van der Waals surface area contributed by atoms with Crippen molar-refractivity contribution in [1.29, 1.82) is 0 Å². The highest BCUT2D eigenvalue weighted by Gasteiger charge is 2.45. The molecule has 0 spiro atoms. The lowest BCUT2D eigenvalue weighted by Gasteiger charge is -2.27. The second-order valence-electron chi connectivity index (χ2n) is 2.86. The molecule has 0 N–H and O–H groups in total. The zero-order valence-corrected chi connectivity index (χ0v) is 10.8. The van der Waals surface area contributed by atoms with Crippen LogP contribution in [-0.4, -0.2) is 8.13 Å². The second kappa shape index (κ2) is 4.67. The summed E-state index contributed by atoms with van der Waals surface area (Å²) in [4.78, 5) is 0. The standard InChI is InChI=1S/C9H7Cl5/c10-8(11,9(12,13)14)6-7-4-2-1-3-5-7/h1-5H,6H2. The van der Waals surface area contributed by atoms with Gasteiger partial charge < -0.3 is 0 Å². The number of hydrogen-bond donors (Lipinski definition) is 0. The molecule has 0 fully saturated rings. The smallest absolute Gasteiger partial charge is 0.0965 e. The van der Waals surface area contributed by atoms with Gasteiger partial charge in [0.1, 0.15) is 0 Å². The SMILES string of the molecule is ClC(Cl)(Cl)C(Cl)(Cl)Cc1ccccc1. The highest BCUT2D eigenvalue weighted by atomic mass is 35.6. The van der Waals surface area contributed by atoms with Gasteiger partial charge in [-0.15, -0.1) is 0 Å². The Morgan fingerprint density at radius 2 is 1.36 bits per heavy atom. The maximum Gasteiger partial charge on any atom is 0.223 e. The van der Waals surface area contributed by atoms with E-state index in [-0.39, 0.29) is 6.42 Å². The average molecular weight is 292 g/mol. The van der Waals surface area contributed by atoms with Crippen LogP contribution in [0.3, 0.4) is 0 Å². The molecule has 78 valence electrons. The molecule has 0 radical (unpaired) electrons. The fourth-order valence-corrected chi connectivity index (χ4v) is 1.46. The first-order chi connectivity index (χ1) is 6.33. The van der Waals surface area contributed by atoms with E-state index in [1.165, 1.54) is 0 Å². The summed E-state index contributed by atoms with van der Waals surface area (Å²) in [5, 5.41) is 0. The van der Waals surface area contributed by atoms with Gasteiger partial charge in [-0.25, -0.2) is 0 Å². The molecule has 0 aliphatic carbocycles. The number of benzene rings is 1. The summed E-state index contributed by atoms with van der Waals surface area (Å²) < 4.78 is -3.12. The Kier molecular flexibility index (Phi) is 4.25. The summed E-state index contributed by atoms with van der Waals surface area (Å²) in [5.41, 5.74) is 0.920.